The van der Waals surface area contributed by atoms with Crippen LogP contribution < -0.4 is 10.5 Å². The molecule has 0 unspecified atom stereocenters. The second-order valence-corrected chi connectivity index (χ2v) is 8.34. The minimum absolute atomic E-state index is 0.120. The van der Waals surface area contributed by atoms with Crippen LogP contribution in [0.1, 0.15) is 5.69 Å². The van der Waals surface area contributed by atoms with Gasteiger partial charge in [-0.1, -0.05) is 0 Å². The number of fused-ring (bicyclic) bond motifs is 1. The normalized spacial score (nSPS) is 11.5. The number of methoxy groups -OCH3 is 1. The van der Waals surface area contributed by atoms with Gasteiger partial charge in [-0.3, -0.25) is 4.98 Å². The summed E-state index contributed by atoms with van der Waals surface area (Å²) >= 11 is 1.51. The van der Waals surface area contributed by atoms with E-state index in [0.717, 1.165) is 39.7 Å². The van der Waals surface area contributed by atoms with Crippen molar-refractivity contribution >= 4 is 35.2 Å². The van der Waals surface area contributed by atoms with Crippen molar-refractivity contribution in [3.05, 3.63) is 54.2 Å². The average Bonchev–Trinajstić information content (AvgIpc) is 3.32. The summed E-state index contributed by atoms with van der Waals surface area (Å²) in [5, 5.41) is 0. The van der Waals surface area contributed by atoms with Crippen molar-refractivity contribution in [1.82, 2.24) is 19.3 Å². The fraction of sp³-hybridized carbons (Fsp3) is 0.238. The number of nitrogens with zero attached hydrogens (tertiary/aromatic N) is 4. The molecule has 1 aromatic carbocycles. The van der Waals surface area contributed by atoms with E-state index in [1.54, 1.807) is 25.4 Å². The van der Waals surface area contributed by atoms with Gasteiger partial charge in [0.05, 0.1) is 33.6 Å². The fourth-order valence-corrected chi connectivity index (χ4v) is 4.34. The van der Waals surface area contributed by atoms with Gasteiger partial charge in [-0.2, -0.15) is 0 Å². The third-order valence-electron chi connectivity index (χ3n) is 4.97. The summed E-state index contributed by atoms with van der Waals surface area (Å²) in [5.41, 5.74) is 7.85. The summed E-state index contributed by atoms with van der Waals surface area (Å²) in [6.07, 6.45) is 3.54. The lowest BCUT2D eigenvalue weighted by atomic mass is 10.2. The number of anilines is 1. The molecule has 0 fully saturated rings. The molecule has 0 bridgehead atoms. The maximum Gasteiger partial charge on any atom is 0.186 e. The average molecular weight is 439 g/mol. The highest BCUT2D eigenvalue weighted by Gasteiger charge is 2.16. The van der Waals surface area contributed by atoms with Crippen LogP contribution in [0.2, 0.25) is 0 Å². The lowest BCUT2D eigenvalue weighted by molar-refractivity contribution is 0.178. The number of imidazole rings is 1. The molecule has 0 atom stereocenters. The van der Waals surface area contributed by atoms with Crippen LogP contribution in [-0.2, 0) is 18.3 Å². The molecule has 0 aliphatic carbocycles. The second kappa shape index (κ2) is 9.05. The summed E-state index contributed by atoms with van der Waals surface area (Å²) in [7, 11) is 5.75. The van der Waals surface area contributed by atoms with Crippen LogP contribution >= 0.6 is 11.3 Å². The molecule has 0 aliphatic heterocycles. The van der Waals surface area contributed by atoms with Crippen LogP contribution in [0.4, 0.5) is 10.1 Å². The van der Waals surface area contributed by atoms with E-state index in [9.17, 15) is 4.39 Å². The number of ether oxygens (including phenoxy) is 2. The van der Waals surface area contributed by atoms with Crippen molar-refractivity contribution in [2.24, 2.45) is 7.05 Å². The summed E-state index contributed by atoms with van der Waals surface area (Å²) in [4.78, 5) is 12.2. The summed E-state index contributed by atoms with van der Waals surface area (Å²) in [6, 6.07) is 8.08. The van der Waals surface area contributed by atoms with Gasteiger partial charge in [-0.05, 0) is 18.2 Å². The van der Waals surface area contributed by atoms with Gasteiger partial charge < -0.3 is 24.6 Å². The maximum absolute atomic E-state index is 14.2. The zero-order valence-corrected chi connectivity index (χ0v) is 18.4. The lowest BCUT2D eigenvalue weighted by Gasteiger charge is -2.16. The van der Waals surface area contributed by atoms with E-state index in [1.165, 1.54) is 23.5 Å². The molecule has 3 heterocycles. The number of aromatic nitrogens is 3. The second-order valence-electron chi connectivity index (χ2n) is 7.29. The Morgan fingerprint density at radius 1 is 1.23 bits per heavy atom. The minimum Gasteiger partial charge on any atom is -0.453 e. The van der Waals surface area contributed by atoms with E-state index < -0.39 is 5.82 Å². The molecule has 4 aromatic rings. The van der Waals surface area contributed by atoms with E-state index in [4.69, 9.17) is 15.2 Å². The molecular formula is C21H23BFN5O2S. The smallest absolute Gasteiger partial charge is 0.186 e. The Balaban J connectivity index is 1.62. The molecule has 0 saturated heterocycles. The molecular weight excluding hydrogens is 416 g/mol. The summed E-state index contributed by atoms with van der Waals surface area (Å²) < 4.78 is 28.1. The van der Waals surface area contributed by atoms with Gasteiger partial charge in [0, 0.05) is 51.3 Å². The van der Waals surface area contributed by atoms with Crippen molar-refractivity contribution in [1.29, 1.82) is 0 Å². The minimum atomic E-state index is -0.506. The molecule has 0 aliphatic rings. The van der Waals surface area contributed by atoms with Crippen molar-refractivity contribution in [2.45, 2.75) is 6.54 Å². The number of pyridine rings is 1. The predicted molar refractivity (Wildman–Crippen MR) is 124 cm³/mol. The Bertz CT molecular complexity index is 1210. The molecule has 2 N–H and O–H groups in total. The van der Waals surface area contributed by atoms with Crippen molar-refractivity contribution in [2.75, 3.05) is 26.0 Å². The lowest BCUT2D eigenvalue weighted by Crippen LogP contribution is -2.25. The highest BCUT2D eigenvalue weighted by Crippen LogP contribution is 2.39. The zero-order valence-electron chi connectivity index (χ0n) is 17.6. The zero-order chi connectivity index (χ0) is 22.0. The molecule has 0 amide bonds. The number of hydrogen-bond acceptors (Lipinski definition) is 7. The first-order valence-electron chi connectivity index (χ1n) is 9.76. The molecule has 0 spiro atoms. The van der Waals surface area contributed by atoms with Crippen LogP contribution in [-0.4, -0.2) is 47.6 Å². The topological polar surface area (TPSA) is 78.4 Å². The molecule has 7 nitrogen and oxygen atoms in total. The third kappa shape index (κ3) is 4.56. The quantitative estimate of drug-likeness (QED) is 0.336. The van der Waals surface area contributed by atoms with Gasteiger partial charge in [-0.15, -0.1) is 11.3 Å². The Labute approximate surface area is 184 Å². The number of nitrogens with two attached hydrogens (primary N) is 1. The largest absolute Gasteiger partial charge is 0.453 e. The first-order chi connectivity index (χ1) is 15.0. The van der Waals surface area contributed by atoms with Gasteiger partial charge >= 0.3 is 0 Å². The van der Waals surface area contributed by atoms with E-state index in [-0.39, 0.29) is 5.75 Å². The van der Waals surface area contributed by atoms with Crippen LogP contribution in [0, 0.1) is 5.82 Å². The van der Waals surface area contributed by atoms with Crippen LogP contribution in [0.25, 0.3) is 20.9 Å². The molecule has 0 radical (unpaired) electrons. The van der Waals surface area contributed by atoms with E-state index in [2.05, 4.69) is 27.3 Å². The molecule has 3 aromatic heterocycles. The summed E-state index contributed by atoms with van der Waals surface area (Å²) in [6.45, 7) is 2.29. The molecule has 10 heteroatoms. The first kappa shape index (κ1) is 21.3. The molecule has 160 valence electrons. The molecule has 4 rings (SSSR count). The van der Waals surface area contributed by atoms with Crippen molar-refractivity contribution < 1.29 is 13.9 Å². The number of rotatable bonds is 8. The van der Waals surface area contributed by atoms with Crippen LogP contribution in [0.5, 0.6) is 11.5 Å². The van der Waals surface area contributed by atoms with Gasteiger partial charge in [0.2, 0.25) is 0 Å². The SMILES string of the molecule is BN(CCOC)Cc1cnc(-c2cc3nccc(Oc4ccc(N)cc4F)c3s2)n1C. The van der Waals surface area contributed by atoms with E-state index in [0.29, 0.717) is 18.0 Å². The number of thiophene rings is 1. The van der Waals surface area contributed by atoms with Crippen molar-refractivity contribution in [3.63, 3.8) is 0 Å². The van der Waals surface area contributed by atoms with Gasteiger partial charge in [-0.25, -0.2) is 9.37 Å². The number of benzene rings is 1. The monoisotopic (exact) mass is 439 g/mol. The Hall–Kier alpha value is -2.95. The van der Waals surface area contributed by atoms with Gasteiger partial charge in [0.25, 0.3) is 0 Å². The number of nitrogen functional groups attached to an aromatic ring is 1. The van der Waals surface area contributed by atoms with Crippen LogP contribution in [0.15, 0.2) is 42.7 Å². The fourth-order valence-electron chi connectivity index (χ4n) is 3.25. The van der Waals surface area contributed by atoms with Crippen molar-refractivity contribution in [3.8, 4) is 22.2 Å². The van der Waals surface area contributed by atoms with Gasteiger partial charge in [0.15, 0.2) is 19.5 Å². The highest BCUT2D eigenvalue weighted by atomic mass is 32.1. The number of halogens is 1. The highest BCUT2D eigenvalue weighted by molar-refractivity contribution is 7.22. The Morgan fingerprint density at radius 2 is 2.06 bits per heavy atom. The van der Waals surface area contributed by atoms with E-state index in [1.807, 2.05) is 19.3 Å². The van der Waals surface area contributed by atoms with Crippen LogP contribution in [0.3, 0.4) is 0 Å². The maximum atomic E-state index is 14.2. The Kier molecular flexibility index (Phi) is 6.21. The molecule has 0 saturated carbocycles. The number of hydrogen-bond donors (Lipinski definition) is 1. The molecule has 31 heavy (non-hydrogen) atoms. The third-order valence-corrected chi connectivity index (χ3v) is 6.10. The van der Waals surface area contributed by atoms with E-state index >= 15 is 0 Å². The predicted octanol–water partition coefficient (Wildman–Crippen LogP) is 3.21. The van der Waals surface area contributed by atoms with Gasteiger partial charge in [0.1, 0.15) is 11.6 Å². The first-order valence-corrected chi connectivity index (χ1v) is 10.6. The Morgan fingerprint density at radius 3 is 2.84 bits per heavy atom. The summed E-state index contributed by atoms with van der Waals surface area (Å²) in [5.74, 6) is 1.00. The standard InChI is InChI=1S/C21H23BFN5O2S/c1-27-14(12-28(22)7-8-29-2)11-26-21(27)19-10-16-20(31-19)18(5-6-25-16)30-17-4-3-13(24)9-15(17)23/h3-6,9-11H,7-8,12,22,24H2,1-2H3.